The zero-order chi connectivity index (χ0) is 43.0. The summed E-state index contributed by atoms with van der Waals surface area (Å²) in [5.74, 6) is -2.73. The smallest absolute Gasteiger partial charge is 0.355 e. The summed E-state index contributed by atoms with van der Waals surface area (Å²) >= 11 is 17.7. The Bertz CT molecular complexity index is 2330. The van der Waals surface area contributed by atoms with Crippen molar-refractivity contribution < 1.29 is 64.7 Å². The van der Waals surface area contributed by atoms with Crippen molar-refractivity contribution in [1.29, 1.82) is 0 Å². The first-order valence-corrected chi connectivity index (χ1v) is 21.1. The molecule has 312 valence electrons. The molecule has 1 aliphatic carbocycles. The molecule has 0 radical (unpaired) electrons. The molecule has 17 nitrogen and oxygen atoms in total. The van der Waals surface area contributed by atoms with Crippen molar-refractivity contribution in [2.45, 2.75) is 55.8 Å². The third-order valence-corrected chi connectivity index (χ3v) is 10.1. The van der Waals surface area contributed by atoms with E-state index >= 15 is 0 Å². The Morgan fingerprint density at radius 1 is 1.14 bits per heavy atom. The Kier molecular flexibility index (Phi) is 16.6. The number of ether oxygens (including phenoxy) is 1. The monoisotopic (exact) mass is 905 g/mol. The van der Waals surface area contributed by atoms with E-state index in [1.807, 2.05) is 0 Å². The minimum atomic E-state index is -4.10. The number of carbonyl (C=O) groups excluding carboxylic acids is 2. The van der Waals surface area contributed by atoms with Crippen molar-refractivity contribution in [1.82, 2.24) is 24.8 Å². The number of sulfone groups is 1. The largest absolute Gasteiger partial charge is 0.480 e. The normalized spacial score (nSPS) is 13.3. The van der Waals surface area contributed by atoms with E-state index in [-0.39, 0.29) is 61.1 Å². The molecule has 1 aliphatic rings. The highest BCUT2D eigenvalue weighted by Crippen LogP contribution is 2.42. The minimum absolute atomic E-state index is 0.0424. The topological polar surface area (TPSA) is 250 Å². The first-order valence-electron chi connectivity index (χ1n) is 16.2. The fourth-order valence-electron chi connectivity index (χ4n) is 4.77. The molecule has 57 heavy (non-hydrogen) atoms. The van der Waals surface area contributed by atoms with Gasteiger partial charge in [0.2, 0.25) is 0 Å². The van der Waals surface area contributed by atoms with Gasteiger partial charge in [0.15, 0.2) is 27.2 Å². The van der Waals surface area contributed by atoms with Crippen LogP contribution in [0, 0.1) is 12.7 Å². The number of aromatic nitrogens is 4. The van der Waals surface area contributed by atoms with Gasteiger partial charge >= 0.3 is 31.8 Å². The molecule has 0 bridgehead atoms. The van der Waals surface area contributed by atoms with Crippen molar-refractivity contribution in [3.05, 3.63) is 91.2 Å². The maximum atomic E-state index is 14.2. The van der Waals surface area contributed by atoms with Crippen LogP contribution in [-0.2, 0) is 35.1 Å². The molecular formula is C32H34Cl3F3N5O12PS. The number of hydrogen-bond acceptors (Lipinski definition) is 12. The second-order valence-corrected chi connectivity index (χ2v) is 17.0. The van der Waals surface area contributed by atoms with Gasteiger partial charge in [-0.05, 0) is 62.6 Å². The van der Waals surface area contributed by atoms with Crippen molar-refractivity contribution in [3.8, 4) is 5.69 Å². The van der Waals surface area contributed by atoms with E-state index in [2.05, 4.69) is 15.6 Å². The van der Waals surface area contributed by atoms with Crippen LogP contribution in [0.3, 0.4) is 0 Å². The SMILES string of the molecule is CCOC(=O)C(Cl)Cc1cc(-n2nc(C)n(C(F)F)c2=O)c(F)cc1Cl.CS(=O)(=O)c1cc(Cl)ccc1C(=O)c1cnoc1C1CC1.O=C(O)CNCP(=O)(O)O. The number of ketones is 1. The number of nitrogens with zero attached hydrogens (tertiary/aromatic N) is 4. The van der Waals surface area contributed by atoms with Gasteiger partial charge in [-0.25, -0.2) is 22.2 Å². The van der Waals surface area contributed by atoms with Gasteiger partial charge in [-0.1, -0.05) is 28.4 Å². The summed E-state index contributed by atoms with van der Waals surface area (Å²) in [6.07, 6.45) is 3.58. The Morgan fingerprint density at radius 3 is 2.32 bits per heavy atom. The average molecular weight is 907 g/mol. The minimum Gasteiger partial charge on any atom is -0.480 e. The lowest BCUT2D eigenvalue weighted by Gasteiger charge is -2.12. The molecule has 1 atom stereocenters. The summed E-state index contributed by atoms with van der Waals surface area (Å²) in [7, 11) is -7.66. The van der Waals surface area contributed by atoms with Crippen molar-refractivity contribution >= 4 is 70.0 Å². The summed E-state index contributed by atoms with van der Waals surface area (Å²) in [5, 5.41) is 16.5. The summed E-state index contributed by atoms with van der Waals surface area (Å²) in [6.45, 7) is -0.635. The lowest BCUT2D eigenvalue weighted by Crippen LogP contribution is -2.25. The number of rotatable bonds is 14. The Hall–Kier alpha value is -4.08. The number of hydrogen-bond donors (Lipinski definition) is 4. The predicted molar refractivity (Wildman–Crippen MR) is 198 cm³/mol. The Labute approximate surface area is 336 Å². The van der Waals surface area contributed by atoms with Gasteiger partial charge in [-0.2, -0.15) is 13.5 Å². The molecule has 2 aromatic carbocycles. The lowest BCUT2D eigenvalue weighted by atomic mass is 10.0. The van der Waals surface area contributed by atoms with Gasteiger partial charge in [0, 0.05) is 34.2 Å². The number of nitrogens with one attached hydrogen (secondary N) is 1. The quantitative estimate of drug-likeness (QED) is 0.0570. The van der Waals surface area contributed by atoms with Gasteiger partial charge in [-0.15, -0.1) is 16.7 Å². The molecule has 0 amide bonds. The van der Waals surface area contributed by atoms with Crippen LogP contribution in [-0.4, -0.2) is 91.6 Å². The highest BCUT2D eigenvalue weighted by atomic mass is 35.5. The summed E-state index contributed by atoms with van der Waals surface area (Å²) in [4.78, 5) is 62.4. The summed E-state index contributed by atoms with van der Waals surface area (Å²) in [5.41, 5.74) is -0.953. The van der Waals surface area contributed by atoms with Gasteiger partial charge in [-0.3, -0.25) is 24.3 Å². The third-order valence-electron chi connectivity index (χ3n) is 7.43. The predicted octanol–water partition coefficient (Wildman–Crippen LogP) is 4.88. The zero-order valence-corrected chi connectivity index (χ0v) is 33.8. The van der Waals surface area contributed by atoms with Crippen LogP contribution in [0.2, 0.25) is 10.0 Å². The van der Waals surface area contributed by atoms with Crippen molar-refractivity contribution in [2.75, 3.05) is 25.7 Å². The van der Waals surface area contributed by atoms with Crippen LogP contribution < -0.4 is 11.0 Å². The number of carboxylic acid groups (broad SMARTS) is 1. The number of alkyl halides is 3. The molecule has 1 fully saturated rings. The second-order valence-electron chi connectivity index (χ2n) is 12.0. The molecule has 4 aromatic rings. The molecule has 5 rings (SSSR count). The van der Waals surface area contributed by atoms with Gasteiger partial charge in [0.1, 0.15) is 16.9 Å². The number of aliphatic carboxylic acids is 1. The van der Waals surface area contributed by atoms with Gasteiger partial charge in [0.25, 0.3) is 0 Å². The van der Waals surface area contributed by atoms with E-state index in [9.17, 15) is 45.3 Å². The van der Waals surface area contributed by atoms with Crippen LogP contribution in [0.25, 0.3) is 5.69 Å². The molecule has 1 unspecified atom stereocenters. The van der Waals surface area contributed by atoms with E-state index in [1.54, 1.807) is 6.92 Å². The highest BCUT2D eigenvalue weighted by molar-refractivity contribution is 7.90. The van der Waals surface area contributed by atoms with E-state index < -0.39 is 71.4 Å². The van der Waals surface area contributed by atoms with Crippen molar-refractivity contribution in [3.63, 3.8) is 0 Å². The van der Waals surface area contributed by atoms with Crippen LogP contribution in [0.5, 0.6) is 0 Å². The molecule has 2 aromatic heterocycles. The number of carbonyl (C=O) groups is 3. The molecule has 0 saturated heterocycles. The van der Waals surface area contributed by atoms with Crippen molar-refractivity contribution in [2.24, 2.45) is 0 Å². The van der Waals surface area contributed by atoms with Crippen LogP contribution in [0.15, 0.2) is 50.7 Å². The number of benzene rings is 2. The maximum absolute atomic E-state index is 14.2. The van der Waals surface area contributed by atoms with Gasteiger partial charge < -0.3 is 24.2 Å². The van der Waals surface area contributed by atoms with Crippen LogP contribution in [0.1, 0.15) is 65.3 Å². The number of esters is 1. The summed E-state index contributed by atoms with van der Waals surface area (Å²) < 4.78 is 84.4. The Balaban J connectivity index is 0.000000251. The van der Waals surface area contributed by atoms with Crippen LogP contribution >= 0.6 is 42.4 Å². The average Bonchev–Trinajstić information content (AvgIpc) is 3.74. The molecule has 0 aliphatic heterocycles. The van der Waals surface area contributed by atoms with E-state index in [0.29, 0.717) is 16.0 Å². The molecule has 25 heteroatoms. The number of halogens is 6. The molecule has 4 N–H and O–H groups in total. The van der Waals surface area contributed by atoms with Gasteiger partial charge in [0.05, 0.1) is 36.1 Å². The number of aryl methyl sites for hydroxylation is 1. The van der Waals surface area contributed by atoms with E-state index in [4.69, 9.17) is 59.0 Å². The number of carboxylic acids is 1. The first-order chi connectivity index (χ1) is 26.5. The fourth-order valence-corrected chi connectivity index (χ4v) is 6.77. The molecule has 1 saturated carbocycles. The third kappa shape index (κ3) is 13.5. The second kappa shape index (κ2) is 20.1. The maximum Gasteiger partial charge on any atom is 0.355 e. The van der Waals surface area contributed by atoms with E-state index in [0.717, 1.165) is 31.2 Å². The van der Waals surface area contributed by atoms with E-state index in [1.165, 1.54) is 31.3 Å². The first kappa shape index (κ1) is 47.3. The summed E-state index contributed by atoms with van der Waals surface area (Å²) in [6, 6.07) is 6.23. The molecule has 0 spiro atoms. The highest BCUT2D eigenvalue weighted by Gasteiger charge is 2.34. The fraction of sp³-hybridized carbons (Fsp3) is 0.375. The lowest BCUT2D eigenvalue weighted by molar-refractivity contribution is -0.142. The standard InChI is InChI=1S/C15H14Cl2F3N3O3.C14H12ClNO4S.C3H8NO5P/c1-3-26-13(24)10(17)4-8-5-12(11(18)6-9(8)16)23-15(25)22(14(19)20)7(2)21-23;1-21(18,19)12-6-9(15)4-5-10(12)13(17)11-7-16-20-14(11)8-2-3-8;5-3(6)1-4-2-10(7,8)9/h5-6,10,14H,3-4H2,1-2H3;4-8H,2-3H2,1H3;4H,1-2H2,(H,5,6)(H2,7,8,9). The molecule has 2 heterocycles. The Morgan fingerprint density at radius 2 is 1.79 bits per heavy atom. The van der Waals surface area contributed by atoms with Crippen LogP contribution in [0.4, 0.5) is 13.2 Å². The zero-order valence-electron chi connectivity index (χ0n) is 29.9. The molecular weight excluding hydrogens is 873 g/mol.